The molecule has 23 heavy (non-hydrogen) atoms. The van der Waals surface area contributed by atoms with E-state index < -0.39 is 0 Å². The maximum Gasteiger partial charge on any atom is 0.103 e. The Morgan fingerprint density at radius 1 is 0.652 bits per heavy atom. The second-order valence-electron chi connectivity index (χ2n) is 7.61. The van der Waals surface area contributed by atoms with Crippen molar-refractivity contribution in [2.75, 3.05) is 13.1 Å². The summed E-state index contributed by atoms with van der Waals surface area (Å²) >= 11 is 0. The van der Waals surface area contributed by atoms with Crippen molar-refractivity contribution < 1.29 is 0 Å². The van der Waals surface area contributed by atoms with Crippen LogP contribution in [0.15, 0.2) is 12.4 Å². The smallest absolute Gasteiger partial charge is 0.103 e. The second-order valence-corrected chi connectivity index (χ2v) is 7.61. The highest BCUT2D eigenvalue weighted by atomic mass is 15.4. The molecule has 1 aliphatic heterocycles. The minimum Gasteiger partial charge on any atom is -0.356 e. The van der Waals surface area contributed by atoms with E-state index in [-0.39, 0.29) is 0 Å². The molecule has 2 nitrogen and oxygen atoms in total. The Kier molecular flexibility index (Phi) is 11.3. The van der Waals surface area contributed by atoms with Crippen molar-refractivity contribution in [1.29, 1.82) is 0 Å². The van der Waals surface area contributed by atoms with Gasteiger partial charge in [-0.3, -0.25) is 0 Å². The van der Waals surface area contributed by atoms with Crippen molar-refractivity contribution in [2.24, 2.45) is 5.92 Å². The molecular formula is C21H42N2. The van der Waals surface area contributed by atoms with E-state index in [0.29, 0.717) is 12.1 Å². The molecule has 0 amide bonds. The van der Waals surface area contributed by atoms with Gasteiger partial charge in [0.2, 0.25) is 0 Å². The van der Waals surface area contributed by atoms with Crippen LogP contribution in [0, 0.1) is 5.92 Å². The first kappa shape index (κ1) is 20.4. The summed E-state index contributed by atoms with van der Waals surface area (Å²) in [5, 5.41) is 0. The summed E-state index contributed by atoms with van der Waals surface area (Å²) in [6.45, 7) is 11.8. The van der Waals surface area contributed by atoms with Crippen LogP contribution >= 0.6 is 0 Å². The van der Waals surface area contributed by atoms with Crippen molar-refractivity contribution in [3.63, 3.8) is 0 Å². The van der Waals surface area contributed by atoms with Gasteiger partial charge < -0.3 is 9.80 Å². The van der Waals surface area contributed by atoms with Crippen LogP contribution in [0.1, 0.15) is 98.3 Å². The Morgan fingerprint density at radius 3 is 1.52 bits per heavy atom. The maximum absolute atomic E-state index is 2.59. The molecule has 2 heteroatoms. The summed E-state index contributed by atoms with van der Waals surface area (Å²) in [7, 11) is 0. The second kappa shape index (κ2) is 12.7. The standard InChI is InChI=1S/C21H42N2/c1-5-7-9-10-11-12-13-15-17-23-19-18-22(16-14-8-6-2)21(23)20(3)4/h18-21H,5-17H2,1-4H3. The first-order valence-electron chi connectivity index (χ1n) is 10.4. The van der Waals surface area contributed by atoms with Crippen LogP contribution in [0.2, 0.25) is 0 Å². The summed E-state index contributed by atoms with van der Waals surface area (Å²) in [4.78, 5) is 5.17. The van der Waals surface area contributed by atoms with Crippen molar-refractivity contribution in [3.8, 4) is 0 Å². The number of unbranched alkanes of at least 4 members (excludes halogenated alkanes) is 9. The van der Waals surface area contributed by atoms with E-state index in [1.165, 1.54) is 83.7 Å². The number of rotatable bonds is 14. The fourth-order valence-electron chi connectivity index (χ4n) is 3.69. The first-order chi connectivity index (χ1) is 11.2. The summed E-state index contributed by atoms with van der Waals surface area (Å²) < 4.78 is 0. The van der Waals surface area contributed by atoms with Crippen molar-refractivity contribution >= 4 is 0 Å². The van der Waals surface area contributed by atoms with Crippen LogP contribution in [0.5, 0.6) is 0 Å². The van der Waals surface area contributed by atoms with Crippen LogP contribution in [0.3, 0.4) is 0 Å². The number of hydrogen-bond donors (Lipinski definition) is 0. The lowest BCUT2D eigenvalue weighted by molar-refractivity contribution is 0.104. The van der Waals surface area contributed by atoms with Gasteiger partial charge in [0, 0.05) is 25.5 Å². The molecule has 0 saturated heterocycles. The fourth-order valence-corrected chi connectivity index (χ4v) is 3.69. The summed E-state index contributed by atoms with van der Waals surface area (Å²) in [5.74, 6) is 0.695. The summed E-state index contributed by atoms with van der Waals surface area (Å²) in [6.07, 6.45) is 20.5. The Labute approximate surface area is 146 Å². The number of nitrogens with zero attached hydrogens (tertiary/aromatic N) is 2. The lowest BCUT2D eigenvalue weighted by atomic mass is 10.1. The molecule has 1 aliphatic rings. The van der Waals surface area contributed by atoms with E-state index in [4.69, 9.17) is 0 Å². The molecule has 0 aromatic carbocycles. The molecule has 1 rings (SSSR count). The zero-order valence-electron chi connectivity index (χ0n) is 16.4. The molecule has 1 heterocycles. The minimum absolute atomic E-state index is 0.594. The van der Waals surface area contributed by atoms with Crippen LogP contribution in [-0.2, 0) is 0 Å². The predicted octanol–water partition coefficient (Wildman–Crippen LogP) is 6.39. The SMILES string of the molecule is CCCCCCCCCCN1C=CN(CCCCC)C1C(C)C. The molecule has 136 valence electrons. The van der Waals surface area contributed by atoms with Crippen LogP contribution < -0.4 is 0 Å². The van der Waals surface area contributed by atoms with Gasteiger partial charge in [-0.1, -0.05) is 85.5 Å². The van der Waals surface area contributed by atoms with Gasteiger partial charge in [-0.25, -0.2) is 0 Å². The molecule has 0 radical (unpaired) electrons. The van der Waals surface area contributed by atoms with E-state index in [0.717, 1.165) is 0 Å². The fraction of sp³-hybridized carbons (Fsp3) is 0.905. The van der Waals surface area contributed by atoms with Gasteiger partial charge in [0.15, 0.2) is 0 Å². The van der Waals surface area contributed by atoms with Gasteiger partial charge in [0.1, 0.15) is 6.17 Å². The van der Waals surface area contributed by atoms with Gasteiger partial charge in [0.25, 0.3) is 0 Å². The van der Waals surface area contributed by atoms with Crippen LogP contribution in [0.4, 0.5) is 0 Å². The van der Waals surface area contributed by atoms with Gasteiger partial charge in [-0.15, -0.1) is 0 Å². The van der Waals surface area contributed by atoms with Crippen LogP contribution in [0.25, 0.3) is 0 Å². The Hall–Kier alpha value is -0.660. The van der Waals surface area contributed by atoms with Gasteiger partial charge >= 0.3 is 0 Å². The third-order valence-corrected chi connectivity index (χ3v) is 5.02. The summed E-state index contributed by atoms with van der Waals surface area (Å²) in [6, 6.07) is 0. The van der Waals surface area contributed by atoms with Gasteiger partial charge in [-0.2, -0.15) is 0 Å². The average Bonchev–Trinajstić information content (AvgIpc) is 2.93. The highest BCUT2D eigenvalue weighted by molar-refractivity contribution is 4.98. The molecule has 0 aromatic heterocycles. The molecule has 0 saturated carbocycles. The Bertz CT molecular complexity index is 298. The third kappa shape index (κ3) is 8.13. The molecule has 1 unspecified atom stereocenters. The molecule has 1 atom stereocenters. The lowest BCUT2D eigenvalue weighted by Gasteiger charge is -2.36. The predicted molar refractivity (Wildman–Crippen MR) is 103 cm³/mol. The van der Waals surface area contributed by atoms with E-state index in [9.17, 15) is 0 Å². The molecule has 0 spiro atoms. The molecule has 0 aliphatic carbocycles. The third-order valence-electron chi connectivity index (χ3n) is 5.02. The Morgan fingerprint density at radius 2 is 1.04 bits per heavy atom. The zero-order chi connectivity index (χ0) is 16.9. The molecule has 0 aromatic rings. The maximum atomic E-state index is 2.59. The van der Waals surface area contributed by atoms with Crippen molar-refractivity contribution in [1.82, 2.24) is 9.80 Å². The largest absolute Gasteiger partial charge is 0.356 e. The van der Waals surface area contributed by atoms with Gasteiger partial charge in [-0.05, 0) is 18.8 Å². The normalized spacial score (nSPS) is 17.7. The highest BCUT2D eigenvalue weighted by Gasteiger charge is 2.27. The minimum atomic E-state index is 0.594. The summed E-state index contributed by atoms with van der Waals surface area (Å²) in [5.41, 5.74) is 0. The Balaban J connectivity index is 2.18. The molecule has 0 bridgehead atoms. The van der Waals surface area contributed by atoms with E-state index >= 15 is 0 Å². The van der Waals surface area contributed by atoms with Crippen molar-refractivity contribution in [3.05, 3.63) is 12.4 Å². The van der Waals surface area contributed by atoms with Crippen LogP contribution in [-0.4, -0.2) is 29.1 Å². The molecule has 0 N–H and O–H groups in total. The highest BCUT2D eigenvalue weighted by Crippen LogP contribution is 2.24. The topological polar surface area (TPSA) is 6.48 Å². The number of hydrogen-bond acceptors (Lipinski definition) is 2. The van der Waals surface area contributed by atoms with E-state index in [1.807, 2.05) is 0 Å². The van der Waals surface area contributed by atoms with E-state index in [2.05, 4.69) is 49.9 Å². The quantitative estimate of drug-likeness (QED) is 0.342. The first-order valence-corrected chi connectivity index (χ1v) is 10.4. The zero-order valence-corrected chi connectivity index (χ0v) is 16.4. The van der Waals surface area contributed by atoms with Gasteiger partial charge in [0.05, 0.1) is 0 Å². The molecular weight excluding hydrogens is 280 g/mol. The van der Waals surface area contributed by atoms with E-state index in [1.54, 1.807) is 0 Å². The molecule has 0 fully saturated rings. The average molecular weight is 323 g/mol. The lowest BCUT2D eigenvalue weighted by Crippen LogP contribution is -2.43. The monoisotopic (exact) mass is 322 g/mol. The van der Waals surface area contributed by atoms with Crippen molar-refractivity contribution in [2.45, 2.75) is 104 Å².